The first-order valence-electron chi connectivity index (χ1n) is 2.65. The lowest BCUT2D eigenvalue weighted by molar-refractivity contribution is -0.0247. The average Bonchev–Trinajstić information content (AvgIpc) is 1.90. The van der Waals surface area contributed by atoms with Gasteiger partial charge in [0.25, 0.3) is 6.36 Å². The second-order valence-electron chi connectivity index (χ2n) is 1.73. The van der Waals surface area contributed by atoms with Crippen LogP contribution in [0.25, 0.3) is 0 Å². The number of hydrogen-bond donors (Lipinski definition) is 0. The molecule has 0 fully saturated rings. The van der Waals surface area contributed by atoms with Gasteiger partial charge in [-0.05, 0) is 0 Å². The summed E-state index contributed by atoms with van der Waals surface area (Å²) in [6, 6.07) is 7.96. The third-order valence-electron chi connectivity index (χ3n) is 1.06. The summed E-state index contributed by atoms with van der Waals surface area (Å²) in [5.74, 6) is 0. The number of benzene rings is 1. The van der Waals surface area contributed by atoms with Gasteiger partial charge in [0.2, 0.25) is 0 Å². The predicted octanol–water partition coefficient (Wildman–Crippen LogP) is 2.09. The molecule has 0 heterocycles. The Morgan fingerprint density at radius 3 is 2.11 bits per heavy atom. The Bertz CT molecular complexity index is 172. The zero-order valence-electron chi connectivity index (χ0n) is 4.75. The molecule has 0 spiro atoms. The van der Waals surface area contributed by atoms with Crippen LogP contribution in [0, 0.1) is 0 Å². The van der Waals surface area contributed by atoms with Crippen molar-refractivity contribution in [2.75, 3.05) is 0 Å². The summed E-state index contributed by atoms with van der Waals surface area (Å²) >= 11 is 0. The molecule has 1 aromatic carbocycles. The Morgan fingerprint density at radius 2 is 1.78 bits per heavy atom. The van der Waals surface area contributed by atoms with Gasteiger partial charge in [-0.1, -0.05) is 30.3 Å². The minimum absolute atomic E-state index is 0.192. The molecule has 47 valence electrons. The van der Waals surface area contributed by atoms with Crippen molar-refractivity contribution < 1.29 is 9.50 Å². The first kappa shape index (κ1) is 6.23. The molecule has 1 rings (SSSR count). The van der Waals surface area contributed by atoms with Crippen LogP contribution in [-0.2, 0) is 5.11 Å². The highest BCUT2D eigenvalue weighted by molar-refractivity contribution is 5.15. The van der Waals surface area contributed by atoms with Gasteiger partial charge >= 0.3 is 0 Å². The predicted molar refractivity (Wildman–Crippen MR) is 31.0 cm³/mol. The number of hydrogen-bond acceptors (Lipinski definition) is 0. The molecule has 0 saturated carbocycles. The Kier molecular flexibility index (Phi) is 1.80. The number of alkyl halides is 1. The molecule has 0 aliphatic rings. The van der Waals surface area contributed by atoms with Crippen LogP contribution in [0.5, 0.6) is 0 Å². The molecule has 0 aliphatic carbocycles. The van der Waals surface area contributed by atoms with Crippen LogP contribution >= 0.6 is 0 Å². The van der Waals surface area contributed by atoms with Crippen molar-refractivity contribution in [3.63, 3.8) is 0 Å². The standard InChI is InChI=1S/C7H6FO/c8-7(9)6-4-2-1-3-5-6/h1-5,7H. The van der Waals surface area contributed by atoms with E-state index in [2.05, 4.69) is 0 Å². The zero-order chi connectivity index (χ0) is 6.69. The van der Waals surface area contributed by atoms with Crippen LogP contribution in [0.2, 0.25) is 0 Å². The number of rotatable bonds is 1. The van der Waals surface area contributed by atoms with E-state index in [1.807, 2.05) is 0 Å². The Morgan fingerprint density at radius 1 is 1.22 bits per heavy atom. The summed E-state index contributed by atoms with van der Waals surface area (Å²) in [5.41, 5.74) is 0.192. The molecular formula is C7H6FO. The van der Waals surface area contributed by atoms with E-state index in [0.717, 1.165) is 0 Å². The molecule has 2 heteroatoms. The van der Waals surface area contributed by atoms with E-state index in [-0.39, 0.29) is 5.56 Å². The maximum atomic E-state index is 11.9. The molecule has 9 heavy (non-hydrogen) atoms. The van der Waals surface area contributed by atoms with E-state index in [1.54, 1.807) is 18.2 Å². The van der Waals surface area contributed by atoms with Gasteiger partial charge in [0, 0.05) is 5.56 Å². The SMILES string of the molecule is [O]C(F)c1ccccc1. The monoisotopic (exact) mass is 125 g/mol. The van der Waals surface area contributed by atoms with E-state index < -0.39 is 6.36 Å². The van der Waals surface area contributed by atoms with E-state index >= 15 is 0 Å². The van der Waals surface area contributed by atoms with Gasteiger partial charge in [0.05, 0.1) is 0 Å². The molecule has 0 N–H and O–H groups in total. The minimum Gasteiger partial charge on any atom is -0.207 e. The van der Waals surface area contributed by atoms with Gasteiger partial charge in [0.1, 0.15) is 0 Å². The van der Waals surface area contributed by atoms with Crippen molar-refractivity contribution in [1.29, 1.82) is 0 Å². The maximum absolute atomic E-state index is 11.9. The molecule has 1 unspecified atom stereocenters. The van der Waals surface area contributed by atoms with Crippen molar-refractivity contribution in [2.24, 2.45) is 0 Å². The summed E-state index contributed by atoms with van der Waals surface area (Å²) in [6.45, 7) is 0. The van der Waals surface area contributed by atoms with Crippen LogP contribution in [0.1, 0.15) is 11.9 Å². The lowest BCUT2D eigenvalue weighted by atomic mass is 10.2. The van der Waals surface area contributed by atoms with Crippen LogP contribution in [0.4, 0.5) is 4.39 Å². The summed E-state index contributed by atoms with van der Waals surface area (Å²) in [7, 11) is 0. The molecule has 1 aromatic rings. The minimum atomic E-state index is -2.09. The summed E-state index contributed by atoms with van der Waals surface area (Å²) in [6.07, 6.45) is -2.09. The fourth-order valence-electron chi connectivity index (χ4n) is 0.604. The Labute approximate surface area is 52.8 Å². The molecule has 0 saturated heterocycles. The van der Waals surface area contributed by atoms with Crippen molar-refractivity contribution in [3.8, 4) is 0 Å². The molecule has 0 bridgehead atoms. The second kappa shape index (κ2) is 2.60. The average molecular weight is 125 g/mol. The smallest absolute Gasteiger partial charge is 0.207 e. The Balaban J connectivity index is 2.85. The topological polar surface area (TPSA) is 19.9 Å². The summed E-state index contributed by atoms with van der Waals surface area (Å²) < 4.78 is 11.9. The maximum Gasteiger partial charge on any atom is 0.256 e. The fraction of sp³-hybridized carbons (Fsp3) is 0.143. The van der Waals surface area contributed by atoms with Gasteiger partial charge in [0.15, 0.2) is 0 Å². The van der Waals surface area contributed by atoms with E-state index in [1.165, 1.54) is 12.1 Å². The molecular weight excluding hydrogens is 119 g/mol. The van der Waals surface area contributed by atoms with Crippen LogP contribution < -0.4 is 0 Å². The molecule has 1 radical (unpaired) electrons. The summed E-state index contributed by atoms with van der Waals surface area (Å²) in [5, 5.41) is 10.1. The fourth-order valence-corrected chi connectivity index (χ4v) is 0.604. The highest BCUT2D eigenvalue weighted by Gasteiger charge is 2.02. The van der Waals surface area contributed by atoms with Crippen LogP contribution in [0.3, 0.4) is 0 Å². The van der Waals surface area contributed by atoms with Gasteiger partial charge in [-0.15, -0.1) is 0 Å². The highest BCUT2D eigenvalue weighted by Crippen LogP contribution is 2.12. The highest BCUT2D eigenvalue weighted by atomic mass is 19.1. The third-order valence-corrected chi connectivity index (χ3v) is 1.06. The van der Waals surface area contributed by atoms with Crippen LogP contribution in [-0.4, -0.2) is 0 Å². The largest absolute Gasteiger partial charge is 0.256 e. The normalized spacial score (nSPS) is 13.1. The lowest BCUT2D eigenvalue weighted by Gasteiger charge is -1.94. The second-order valence-corrected chi connectivity index (χ2v) is 1.73. The van der Waals surface area contributed by atoms with Crippen molar-refractivity contribution in [3.05, 3.63) is 35.9 Å². The van der Waals surface area contributed by atoms with Crippen molar-refractivity contribution in [1.82, 2.24) is 0 Å². The lowest BCUT2D eigenvalue weighted by Crippen LogP contribution is -1.83. The van der Waals surface area contributed by atoms with Crippen molar-refractivity contribution in [2.45, 2.75) is 6.36 Å². The quantitative estimate of drug-likeness (QED) is 0.547. The third kappa shape index (κ3) is 1.50. The zero-order valence-corrected chi connectivity index (χ0v) is 4.75. The van der Waals surface area contributed by atoms with E-state index in [9.17, 15) is 9.50 Å². The molecule has 0 aliphatic heterocycles. The van der Waals surface area contributed by atoms with Gasteiger partial charge < -0.3 is 0 Å². The first-order valence-corrected chi connectivity index (χ1v) is 2.65. The molecule has 1 nitrogen and oxygen atoms in total. The molecule has 1 atom stereocenters. The molecule has 0 aromatic heterocycles. The number of halogens is 1. The Hall–Kier alpha value is -0.890. The van der Waals surface area contributed by atoms with E-state index in [0.29, 0.717) is 0 Å². The van der Waals surface area contributed by atoms with Crippen molar-refractivity contribution >= 4 is 0 Å². The van der Waals surface area contributed by atoms with Gasteiger partial charge in [-0.3, -0.25) is 0 Å². The van der Waals surface area contributed by atoms with E-state index in [4.69, 9.17) is 0 Å². The first-order chi connectivity index (χ1) is 4.30. The van der Waals surface area contributed by atoms with Gasteiger partial charge in [-0.2, -0.15) is 5.11 Å². The molecule has 0 amide bonds. The summed E-state index contributed by atoms with van der Waals surface area (Å²) in [4.78, 5) is 0. The van der Waals surface area contributed by atoms with Gasteiger partial charge in [-0.25, -0.2) is 4.39 Å². The van der Waals surface area contributed by atoms with Crippen LogP contribution in [0.15, 0.2) is 30.3 Å².